The van der Waals surface area contributed by atoms with Gasteiger partial charge in [-0.25, -0.2) is 13.6 Å². The predicted molar refractivity (Wildman–Crippen MR) is 85.4 cm³/mol. The van der Waals surface area contributed by atoms with Gasteiger partial charge in [0.2, 0.25) is 0 Å². The van der Waals surface area contributed by atoms with Crippen molar-refractivity contribution in [1.82, 2.24) is 0 Å². The number of amides is 1. The Kier molecular flexibility index (Phi) is 5.53. The molecule has 0 aliphatic heterocycles. The number of hydrogen-bond donors (Lipinski definition) is 2. The molecule has 6 nitrogen and oxygen atoms in total. The van der Waals surface area contributed by atoms with Crippen molar-refractivity contribution in [3.8, 4) is 11.5 Å². The van der Waals surface area contributed by atoms with Gasteiger partial charge < -0.3 is 19.9 Å². The van der Waals surface area contributed by atoms with Crippen LogP contribution in [0, 0.1) is 11.6 Å². The third-order valence-corrected chi connectivity index (χ3v) is 3.26. The van der Waals surface area contributed by atoms with Gasteiger partial charge in [0.15, 0.2) is 11.5 Å². The van der Waals surface area contributed by atoms with Gasteiger partial charge in [-0.1, -0.05) is 0 Å². The summed E-state index contributed by atoms with van der Waals surface area (Å²) in [7, 11) is 1.34. The summed E-state index contributed by atoms with van der Waals surface area (Å²) < 4.78 is 37.1. The molecule has 1 amide bonds. The van der Waals surface area contributed by atoms with Gasteiger partial charge in [-0.05, 0) is 19.1 Å². The maximum Gasteiger partial charge on any atom is 0.337 e. The number of methoxy groups -OCH3 is 1. The second-order valence-electron chi connectivity index (χ2n) is 4.87. The molecule has 132 valence electrons. The van der Waals surface area contributed by atoms with Gasteiger partial charge in [0, 0.05) is 18.2 Å². The first-order valence-corrected chi connectivity index (χ1v) is 7.21. The standard InChI is InChI=1S/C17H15F2NO5/c1-3-25-15-8-13(11(17(22)23)7-14(15)24-2)20-16(21)10-5-4-9(18)6-12(10)19/h4-8H,3H2,1-2H3,(H,20,21)(H,22,23). The van der Waals surface area contributed by atoms with Crippen LogP contribution < -0.4 is 14.8 Å². The van der Waals surface area contributed by atoms with Crippen molar-refractivity contribution in [3.05, 3.63) is 53.1 Å². The van der Waals surface area contributed by atoms with Crippen molar-refractivity contribution in [2.75, 3.05) is 19.0 Å². The summed E-state index contributed by atoms with van der Waals surface area (Å²) in [5.74, 6) is -3.75. The van der Waals surface area contributed by atoms with E-state index >= 15 is 0 Å². The van der Waals surface area contributed by atoms with Crippen molar-refractivity contribution < 1.29 is 33.0 Å². The van der Waals surface area contributed by atoms with Crippen molar-refractivity contribution in [3.63, 3.8) is 0 Å². The Hall–Kier alpha value is -3.16. The first kappa shape index (κ1) is 18.2. The molecule has 0 aliphatic rings. The van der Waals surface area contributed by atoms with Gasteiger partial charge in [0.1, 0.15) is 11.6 Å². The molecule has 2 rings (SSSR count). The first-order chi connectivity index (χ1) is 11.9. The van der Waals surface area contributed by atoms with Crippen LogP contribution in [-0.2, 0) is 0 Å². The van der Waals surface area contributed by atoms with E-state index in [2.05, 4.69) is 5.32 Å². The monoisotopic (exact) mass is 351 g/mol. The molecule has 2 aromatic rings. The Morgan fingerprint density at radius 3 is 2.40 bits per heavy atom. The van der Waals surface area contributed by atoms with Crippen molar-refractivity contribution >= 4 is 17.6 Å². The maximum atomic E-state index is 13.7. The van der Waals surface area contributed by atoms with Crippen LogP contribution in [0.1, 0.15) is 27.6 Å². The number of halogens is 2. The van der Waals surface area contributed by atoms with Gasteiger partial charge in [-0.15, -0.1) is 0 Å². The number of carbonyl (C=O) groups is 2. The van der Waals surface area contributed by atoms with Crippen LogP contribution in [0.4, 0.5) is 14.5 Å². The van der Waals surface area contributed by atoms with Crippen molar-refractivity contribution in [1.29, 1.82) is 0 Å². The summed E-state index contributed by atoms with van der Waals surface area (Å²) in [4.78, 5) is 23.6. The molecule has 0 unspecified atom stereocenters. The number of aromatic carboxylic acids is 1. The predicted octanol–water partition coefficient (Wildman–Crippen LogP) is 3.32. The Bertz CT molecular complexity index is 823. The molecule has 2 N–H and O–H groups in total. The van der Waals surface area contributed by atoms with Crippen LogP contribution in [0.3, 0.4) is 0 Å². The minimum Gasteiger partial charge on any atom is -0.493 e. The number of rotatable bonds is 6. The van der Waals surface area contributed by atoms with Crippen LogP contribution in [0.5, 0.6) is 11.5 Å². The number of benzene rings is 2. The summed E-state index contributed by atoms with van der Waals surface area (Å²) in [5.41, 5.74) is -0.798. The van der Waals surface area contributed by atoms with E-state index in [9.17, 15) is 23.5 Å². The van der Waals surface area contributed by atoms with Crippen molar-refractivity contribution in [2.24, 2.45) is 0 Å². The molecule has 0 atom stereocenters. The minimum absolute atomic E-state index is 0.106. The number of carboxylic acid groups (broad SMARTS) is 1. The zero-order chi connectivity index (χ0) is 18.6. The molecule has 0 aromatic heterocycles. The summed E-state index contributed by atoms with van der Waals surface area (Å²) in [5, 5.41) is 11.6. The smallest absolute Gasteiger partial charge is 0.337 e. The van der Waals surface area contributed by atoms with Crippen LogP contribution in [-0.4, -0.2) is 30.7 Å². The fraction of sp³-hybridized carbons (Fsp3) is 0.176. The first-order valence-electron chi connectivity index (χ1n) is 7.21. The van der Waals surface area contributed by atoms with E-state index < -0.39 is 29.1 Å². The van der Waals surface area contributed by atoms with E-state index in [4.69, 9.17) is 9.47 Å². The third kappa shape index (κ3) is 4.03. The van der Waals surface area contributed by atoms with E-state index in [-0.39, 0.29) is 29.4 Å². The highest BCUT2D eigenvalue weighted by Crippen LogP contribution is 2.34. The van der Waals surface area contributed by atoms with Crippen molar-refractivity contribution in [2.45, 2.75) is 6.92 Å². The number of carboxylic acids is 1. The summed E-state index contributed by atoms with van der Waals surface area (Å²) in [6.07, 6.45) is 0. The number of ether oxygens (including phenoxy) is 2. The Balaban J connectivity index is 2.44. The van der Waals surface area contributed by atoms with Crippen LogP contribution >= 0.6 is 0 Å². The van der Waals surface area contributed by atoms with E-state index in [1.807, 2.05) is 0 Å². The van der Waals surface area contributed by atoms with Gasteiger partial charge in [0.05, 0.1) is 30.5 Å². The minimum atomic E-state index is -1.32. The Labute approximate surface area is 142 Å². The lowest BCUT2D eigenvalue weighted by Crippen LogP contribution is -2.17. The normalized spacial score (nSPS) is 10.2. The van der Waals surface area contributed by atoms with Gasteiger partial charge in [0.25, 0.3) is 5.91 Å². The van der Waals surface area contributed by atoms with Crippen LogP contribution in [0.15, 0.2) is 30.3 Å². The molecular weight excluding hydrogens is 336 g/mol. The van der Waals surface area contributed by atoms with E-state index in [0.29, 0.717) is 6.07 Å². The topological polar surface area (TPSA) is 84.9 Å². The molecule has 25 heavy (non-hydrogen) atoms. The average Bonchev–Trinajstić information content (AvgIpc) is 2.54. The largest absolute Gasteiger partial charge is 0.493 e. The number of nitrogens with one attached hydrogen (secondary N) is 1. The molecule has 0 aliphatic carbocycles. The zero-order valence-corrected chi connectivity index (χ0v) is 13.4. The molecule has 2 aromatic carbocycles. The maximum absolute atomic E-state index is 13.7. The zero-order valence-electron chi connectivity index (χ0n) is 13.4. The van der Waals surface area contributed by atoms with E-state index in [0.717, 1.165) is 12.1 Å². The van der Waals surface area contributed by atoms with Crippen LogP contribution in [0.2, 0.25) is 0 Å². The fourth-order valence-electron chi connectivity index (χ4n) is 2.13. The molecule has 0 bridgehead atoms. The van der Waals surface area contributed by atoms with E-state index in [1.54, 1.807) is 6.92 Å². The second kappa shape index (κ2) is 7.61. The molecule has 0 radical (unpaired) electrons. The van der Waals surface area contributed by atoms with E-state index in [1.165, 1.54) is 19.2 Å². The van der Waals surface area contributed by atoms with Gasteiger partial charge in [-0.3, -0.25) is 4.79 Å². The highest BCUT2D eigenvalue weighted by molar-refractivity contribution is 6.08. The molecule has 0 fully saturated rings. The average molecular weight is 351 g/mol. The molecule has 0 heterocycles. The highest BCUT2D eigenvalue weighted by Gasteiger charge is 2.20. The van der Waals surface area contributed by atoms with Gasteiger partial charge >= 0.3 is 5.97 Å². The third-order valence-electron chi connectivity index (χ3n) is 3.26. The summed E-state index contributed by atoms with van der Waals surface area (Å²) >= 11 is 0. The highest BCUT2D eigenvalue weighted by atomic mass is 19.1. The fourth-order valence-corrected chi connectivity index (χ4v) is 2.13. The van der Waals surface area contributed by atoms with Gasteiger partial charge in [-0.2, -0.15) is 0 Å². The number of anilines is 1. The SMILES string of the molecule is CCOc1cc(NC(=O)c2ccc(F)cc2F)c(C(=O)O)cc1OC. The summed E-state index contributed by atoms with van der Waals surface area (Å²) in [6.45, 7) is 2.00. The lowest BCUT2D eigenvalue weighted by molar-refractivity contribution is 0.0697. The number of carbonyl (C=O) groups excluding carboxylic acids is 1. The molecule has 8 heteroatoms. The second-order valence-corrected chi connectivity index (χ2v) is 4.87. The Morgan fingerprint density at radius 2 is 1.84 bits per heavy atom. The molecule has 0 saturated carbocycles. The molecule has 0 spiro atoms. The lowest BCUT2D eigenvalue weighted by Gasteiger charge is -2.15. The Morgan fingerprint density at radius 1 is 1.12 bits per heavy atom. The van der Waals surface area contributed by atoms with Crippen LogP contribution in [0.25, 0.3) is 0 Å². The summed E-state index contributed by atoms with van der Waals surface area (Å²) in [6, 6.07) is 4.91. The number of hydrogen-bond acceptors (Lipinski definition) is 4. The molecular formula is C17H15F2NO5. The lowest BCUT2D eigenvalue weighted by atomic mass is 10.1. The quantitative estimate of drug-likeness (QED) is 0.834. The molecule has 0 saturated heterocycles.